The summed E-state index contributed by atoms with van der Waals surface area (Å²) >= 11 is 0. The predicted octanol–water partition coefficient (Wildman–Crippen LogP) is 1.58. The number of carbonyl (C=O) groups excluding carboxylic acids is 1. The third-order valence-corrected chi connectivity index (χ3v) is 3.96. The average Bonchev–Trinajstić information content (AvgIpc) is 2.40. The number of ether oxygens (including phenoxy) is 2. The fraction of sp³-hybridized carbons (Fsp3) is 0.923. The molecule has 0 saturated carbocycles. The van der Waals surface area contributed by atoms with Gasteiger partial charge in [0, 0.05) is 25.3 Å². The number of esters is 1. The first kappa shape index (κ1) is 12.8. The van der Waals surface area contributed by atoms with Gasteiger partial charge in [-0.05, 0) is 32.2 Å². The van der Waals surface area contributed by atoms with Gasteiger partial charge in [-0.1, -0.05) is 6.42 Å². The fourth-order valence-electron chi connectivity index (χ4n) is 3.02. The number of carbonyl (C=O) groups is 1. The van der Waals surface area contributed by atoms with E-state index in [-0.39, 0.29) is 5.97 Å². The second-order valence-corrected chi connectivity index (χ2v) is 5.01. The van der Waals surface area contributed by atoms with Crippen molar-refractivity contribution in [2.24, 2.45) is 0 Å². The van der Waals surface area contributed by atoms with E-state index in [1.54, 1.807) is 0 Å². The average molecular weight is 241 g/mol. The summed E-state index contributed by atoms with van der Waals surface area (Å²) in [5.74, 6) is -0.0750. The summed E-state index contributed by atoms with van der Waals surface area (Å²) in [7, 11) is 1.48. The highest BCUT2D eigenvalue weighted by atomic mass is 16.5. The molecule has 2 rings (SSSR count). The lowest BCUT2D eigenvalue weighted by molar-refractivity contribution is -0.142. The second-order valence-electron chi connectivity index (χ2n) is 5.01. The third-order valence-electron chi connectivity index (χ3n) is 3.96. The zero-order chi connectivity index (χ0) is 12.1. The van der Waals surface area contributed by atoms with Gasteiger partial charge in [0.15, 0.2) is 0 Å². The number of rotatable bonds is 3. The van der Waals surface area contributed by atoms with E-state index >= 15 is 0 Å². The number of methoxy groups -OCH3 is 1. The highest BCUT2D eigenvalue weighted by Gasteiger charge is 2.31. The van der Waals surface area contributed by atoms with Gasteiger partial charge in [-0.25, -0.2) is 0 Å². The molecule has 2 aliphatic rings. The minimum atomic E-state index is -0.0750. The lowest BCUT2D eigenvalue weighted by atomic mass is 9.94. The van der Waals surface area contributed by atoms with Crippen LogP contribution < -0.4 is 0 Å². The van der Waals surface area contributed by atoms with Crippen LogP contribution in [0.1, 0.15) is 38.5 Å². The molecule has 0 N–H and O–H groups in total. The normalized spacial score (nSPS) is 27.9. The number of hydrogen-bond acceptors (Lipinski definition) is 4. The Balaban J connectivity index is 1.93. The highest BCUT2D eigenvalue weighted by Crippen LogP contribution is 2.26. The van der Waals surface area contributed by atoms with Crippen molar-refractivity contribution >= 4 is 5.97 Å². The summed E-state index contributed by atoms with van der Waals surface area (Å²) in [6, 6.07) is 0.998. The molecule has 4 nitrogen and oxygen atoms in total. The van der Waals surface area contributed by atoms with E-state index in [4.69, 9.17) is 9.47 Å². The predicted molar refractivity (Wildman–Crippen MR) is 64.8 cm³/mol. The Morgan fingerprint density at radius 2 is 2.06 bits per heavy atom. The molecule has 2 fully saturated rings. The Hall–Kier alpha value is -0.610. The summed E-state index contributed by atoms with van der Waals surface area (Å²) in [6.07, 6.45) is 6.39. The summed E-state index contributed by atoms with van der Waals surface area (Å²) in [5.41, 5.74) is 0. The lowest BCUT2D eigenvalue weighted by Gasteiger charge is -2.42. The molecule has 0 aromatic rings. The van der Waals surface area contributed by atoms with Gasteiger partial charge >= 0.3 is 5.97 Å². The maximum atomic E-state index is 11.4. The van der Waals surface area contributed by atoms with Crippen molar-refractivity contribution in [3.8, 4) is 0 Å². The molecule has 1 atom stereocenters. The number of hydrogen-bond donors (Lipinski definition) is 0. The largest absolute Gasteiger partial charge is 0.469 e. The third kappa shape index (κ3) is 3.42. The smallest absolute Gasteiger partial charge is 0.307 e. The van der Waals surface area contributed by atoms with Gasteiger partial charge in [-0.2, -0.15) is 0 Å². The van der Waals surface area contributed by atoms with Crippen LogP contribution in [-0.4, -0.2) is 49.8 Å². The summed E-state index contributed by atoms with van der Waals surface area (Å²) in [5, 5.41) is 0. The van der Waals surface area contributed by atoms with E-state index in [9.17, 15) is 4.79 Å². The molecule has 2 aliphatic heterocycles. The van der Waals surface area contributed by atoms with E-state index in [1.165, 1.54) is 20.0 Å². The molecular formula is C13H23NO3. The van der Waals surface area contributed by atoms with E-state index < -0.39 is 0 Å². The first-order chi connectivity index (χ1) is 8.31. The first-order valence-corrected chi connectivity index (χ1v) is 6.71. The van der Waals surface area contributed by atoms with Crippen molar-refractivity contribution in [3.63, 3.8) is 0 Å². The first-order valence-electron chi connectivity index (χ1n) is 6.71. The topological polar surface area (TPSA) is 38.8 Å². The zero-order valence-electron chi connectivity index (χ0n) is 10.7. The van der Waals surface area contributed by atoms with Crippen LogP contribution >= 0.6 is 0 Å². The molecule has 2 saturated heterocycles. The molecule has 98 valence electrons. The van der Waals surface area contributed by atoms with Gasteiger partial charge < -0.3 is 9.47 Å². The van der Waals surface area contributed by atoms with Crippen molar-refractivity contribution in [1.29, 1.82) is 0 Å². The van der Waals surface area contributed by atoms with Crippen molar-refractivity contribution in [2.75, 3.05) is 26.9 Å². The standard InChI is InChI=1S/C13H23NO3/c1-16-13(15)10-12-4-2-3-7-14(12)11-5-8-17-9-6-11/h11-12H,2-10H2,1H3. The molecule has 1 unspecified atom stereocenters. The number of nitrogens with zero attached hydrogens (tertiary/aromatic N) is 1. The maximum absolute atomic E-state index is 11.4. The molecule has 0 bridgehead atoms. The van der Waals surface area contributed by atoms with Crippen LogP contribution in [0.2, 0.25) is 0 Å². The van der Waals surface area contributed by atoms with Crippen LogP contribution in [0.15, 0.2) is 0 Å². The van der Waals surface area contributed by atoms with Gasteiger partial charge in [0.1, 0.15) is 0 Å². The zero-order valence-corrected chi connectivity index (χ0v) is 10.7. The van der Waals surface area contributed by atoms with Crippen LogP contribution in [0.25, 0.3) is 0 Å². The van der Waals surface area contributed by atoms with Crippen molar-refractivity contribution in [2.45, 2.75) is 50.6 Å². The van der Waals surface area contributed by atoms with Crippen molar-refractivity contribution < 1.29 is 14.3 Å². The molecule has 2 heterocycles. The SMILES string of the molecule is COC(=O)CC1CCCCN1C1CCOCC1. The summed E-state index contributed by atoms with van der Waals surface area (Å²) < 4.78 is 10.2. The monoisotopic (exact) mass is 241 g/mol. The highest BCUT2D eigenvalue weighted by molar-refractivity contribution is 5.69. The Bertz CT molecular complexity index is 251. The molecule has 0 spiro atoms. The molecule has 17 heavy (non-hydrogen) atoms. The van der Waals surface area contributed by atoms with Crippen LogP contribution in [0.5, 0.6) is 0 Å². The van der Waals surface area contributed by atoms with E-state index in [2.05, 4.69) is 4.90 Å². The Morgan fingerprint density at radius 3 is 2.76 bits per heavy atom. The van der Waals surface area contributed by atoms with Crippen molar-refractivity contribution in [3.05, 3.63) is 0 Å². The fourth-order valence-corrected chi connectivity index (χ4v) is 3.02. The molecular weight excluding hydrogens is 218 g/mol. The maximum Gasteiger partial charge on any atom is 0.307 e. The summed E-state index contributed by atoms with van der Waals surface area (Å²) in [4.78, 5) is 14.0. The van der Waals surface area contributed by atoms with Crippen LogP contribution in [0.3, 0.4) is 0 Å². The quantitative estimate of drug-likeness (QED) is 0.703. The van der Waals surface area contributed by atoms with Gasteiger partial charge in [0.25, 0.3) is 0 Å². The van der Waals surface area contributed by atoms with Crippen LogP contribution in [0, 0.1) is 0 Å². The Morgan fingerprint density at radius 1 is 1.29 bits per heavy atom. The van der Waals surface area contributed by atoms with Gasteiger partial charge in [0.05, 0.1) is 13.5 Å². The second kappa shape index (κ2) is 6.36. The molecule has 4 heteroatoms. The van der Waals surface area contributed by atoms with E-state index in [0.717, 1.165) is 39.0 Å². The van der Waals surface area contributed by atoms with E-state index in [0.29, 0.717) is 18.5 Å². The minimum absolute atomic E-state index is 0.0750. The van der Waals surface area contributed by atoms with Crippen molar-refractivity contribution in [1.82, 2.24) is 4.90 Å². The molecule has 0 amide bonds. The lowest BCUT2D eigenvalue weighted by Crippen LogP contribution is -2.49. The minimum Gasteiger partial charge on any atom is -0.469 e. The number of likely N-dealkylation sites (tertiary alicyclic amines) is 1. The molecule has 0 aliphatic carbocycles. The van der Waals surface area contributed by atoms with Crippen LogP contribution in [0.4, 0.5) is 0 Å². The Kier molecular flexibility index (Phi) is 4.80. The Labute approximate surface area is 103 Å². The number of piperidine rings is 1. The van der Waals surface area contributed by atoms with Gasteiger partial charge in [-0.3, -0.25) is 9.69 Å². The molecule has 0 aromatic heterocycles. The molecule has 0 aromatic carbocycles. The molecule has 0 radical (unpaired) electrons. The summed E-state index contributed by atoms with van der Waals surface area (Å²) in [6.45, 7) is 2.87. The van der Waals surface area contributed by atoms with Gasteiger partial charge in [0.2, 0.25) is 0 Å². The van der Waals surface area contributed by atoms with E-state index in [1.807, 2.05) is 0 Å². The van der Waals surface area contributed by atoms with Crippen LogP contribution in [-0.2, 0) is 14.3 Å². The van der Waals surface area contributed by atoms with Gasteiger partial charge in [-0.15, -0.1) is 0 Å².